The Morgan fingerprint density at radius 1 is 1.43 bits per heavy atom. The number of methoxy groups -OCH3 is 1. The number of amides is 1. The van der Waals surface area contributed by atoms with E-state index in [9.17, 15) is 4.79 Å². The van der Waals surface area contributed by atoms with Crippen LogP contribution in [0.4, 0.5) is 5.69 Å². The highest BCUT2D eigenvalue weighted by Gasteiger charge is 2.21. The zero-order valence-corrected chi connectivity index (χ0v) is 13.9. The normalized spacial score (nSPS) is 12.3. The molecule has 0 aliphatic heterocycles. The van der Waals surface area contributed by atoms with Crippen LogP contribution in [0.1, 0.15) is 20.3 Å². The van der Waals surface area contributed by atoms with Gasteiger partial charge in [0.25, 0.3) is 0 Å². The van der Waals surface area contributed by atoms with Crippen molar-refractivity contribution in [2.75, 3.05) is 19.1 Å². The molecular formula is C17H23N3O3. The number of ether oxygens (including phenoxy) is 1. The van der Waals surface area contributed by atoms with Gasteiger partial charge in [-0.15, -0.1) is 0 Å². The van der Waals surface area contributed by atoms with E-state index in [0.717, 1.165) is 5.56 Å². The molecule has 0 bridgehead atoms. The third kappa shape index (κ3) is 3.90. The number of oxazole rings is 1. The van der Waals surface area contributed by atoms with Crippen molar-refractivity contribution < 1.29 is 13.9 Å². The molecule has 0 aliphatic rings. The van der Waals surface area contributed by atoms with Crippen molar-refractivity contribution in [3.63, 3.8) is 0 Å². The Morgan fingerprint density at radius 2 is 2.17 bits per heavy atom. The van der Waals surface area contributed by atoms with E-state index in [1.165, 1.54) is 6.39 Å². The average Bonchev–Trinajstić information content (AvgIpc) is 3.06. The molecule has 1 amide bonds. The van der Waals surface area contributed by atoms with Crippen LogP contribution in [0.5, 0.6) is 5.75 Å². The number of rotatable bonds is 6. The Morgan fingerprint density at radius 3 is 2.74 bits per heavy atom. The molecule has 0 spiro atoms. The van der Waals surface area contributed by atoms with Gasteiger partial charge in [-0.3, -0.25) is 4.79 Å². The van der Waals surface area contributed by atoms with Gasteiger partial charge in [-0.25, -0.2) is 4.98 Å². The van der Waals surface area contributed by atoms with Crippen LogP contribution in [0.15, 0.2) is 35.2 Å². The third-order valence-electron chi connectivity index (χ3n) is 3.64. The van der Waals surface area contributed by atoms with Gasteiger partial charge in [0.2, 0.25) is 5.91 Å². The molecule has 0 saturated heterocycles. The van der Waals surface area contributed by atoms with Crippen molar-refractivity contribution >= 4 is 11.6 Å². The number of aromatic nitrogens is 1. The van der Waals surface area contributed by atoms with Gasteiger partial charge < -0.3 is 19.8 Å². The van der Waals surface area contributed by atoms with E-state index in [1.54, 1.807) is 31.3 Å². The van der Waals surface area contributed by atoms with E-state index in [2.05, 4.69) is 4.98 Å². The Bertz CT molecular complexity index is 653. The van der Waals surface area contributed by atoms with Crippen molar-refractivity contribution in [1.82, 2.24) is 4.98 Å². The largest absolute Gasteiger partial charge is 0.496 e. The van der Waals surface area contributed by atoms with Crippen molar-refractivity contribution in [2.24, 2.45) is 11.7 Å². The highest BCUT2D eigenvalue weighted by molar-refractivity contribution is 5.97. The zero-order valence-electron chi connectivity index (χ0n) is 13.9. The maximum atomic E-state index is 12.4. The highest BCUT2D eigenvalue weighted by Crippen LogP contribution is 2.33. The quantitative estimate of drug-likeness (QED) is 0.886. The molecule has 124 valence electrons. The van der Waals surface area contributed by atoms with Gasteiger partial charge in [0.05, 0.1) is 24.9 Å². The maximum absolute atomic E-state index is 12.4. The average molecular weight is 317 g/mol. The zero-order chi connectivity index (χ0) is 17.0. The van der Waals surface area contributed by atoms with Crippen LogP contribution in [0.2, 0.25) is 0 Å². The molecule has 0 unspecified atom stereocenters. The van der Waals surface area contributed by atoms with Crippen LogP contribution in [0.3, 0.4) is 0 Å². The van der Waals surface area contributed by atoms with Crippen molar-refractivity contribution in [3.8, 4) is 17.1 Å². The van der Waals surface area contributed by atoms with Crippen LogP contribution in [0, 0.1) is 5.92 Å². The standard InChI is InChI=1S/C17H23N3O3/c1-11(2)7-14(18)17(21)20(3)12-5-6-13(15(8-12)22-4)16-9-19-10-23-16/h5-6,8-11,14H,7,18H2,1-4H3/t14-/m1/s1. The van der Waals surface area contributed by atoms with E-state index < -0.39 is 6.04 Å². The fourth-order valence-electron chi connectivity index (χ4n) is 2.43. The Labute approximate surface area is 136 Å². The molecule has 1 atom stereocenters. The first-order chi connectivity index (χ1) is 10.9. The number of hydrogen-bond acceptors (Lipinski definition) is 5. The molecule has 0 radical (unpaired) electrons. The minimum atomic E-state index is -0.514. The number of anilines is 1. The summed E-state index contributed by atoms with van der Waals surface area (Å²) in [4.78, 5) is 17.9. The molecule has 6 nitrogen and oxygen atoms in total. The molecule has 0 fully saturated rings. The molecule has 0 aliphatic carbocycles. The van der Waals surface area contributed by atoms with Crippen LogP contribution in [0.25, 0.3) is 11.3 Å². The minimum Gasteiger partial charge on any atom is -0.496 e. The molecule has 23 heavy (non-hydrogen) atoms. The van der Waals surface area contributed by atoms with Crippen LogP contribution < -0.4 is 15.4 Å². The number of likely N-dealkylation sites (N-methyl/N-ethyl adjacent to an activating group) is 1. The number of carbonyl (C=O) groups is 1. The SMILES string of the molecule is COc1cc(N(C)C(=O)[C@H](N)CC(C)C)ccc1-c1cnco1. The summed E-state index contributed by atoms with van der Waals surface area (Å²) in [6, 6.07) is 4.95. The summed E-state index contributed by atoms with van der Waals surface area (Å²) in [7, 11) is 3.29. The van der Waals surface area contributed by atoms with Crippen molar-refractivity contribution in [3.05, 3.63) is 30.8 Å². The van der Waals surface area contributed by atoms with E-state index in [1.807, 2.05) is 26.0 Å². The summed E-state index contributed by atoms with van der Waals surface area (Å²) in [5, 5.41) is 0. The Kier molecular flexibility index (Phi) is 5.39. The Hall–Kier alpha value is -2.34. The van der Waals surface area contributed by atoms with E-state index in [0.29, 0.717) is 29.5 Å². The molecule has 2 aromatic rings. The molecule has 1 heterocycles. The lowest BCUT2D eigenvalue weighted by Gasteiger charge is -2.23. The fraction of sp³-hybridized carbons (Fsp3) is 0.412. The molecule has 0 saturated carbocycles. The van der Waals surface area contributed by atoms with E-state index in [-0.39, 0.29) is 5.91 Å². The van der Waals surface area contributed by atoms with Gasteiger partial charge in [0.1, 0.15) is 5.75 Å². The lowest BCUT2D eigenvalue weighted by atomic mass is 10.0. The topological polar surface area (TPSA) is 81.6 Å². The van der Waals surface area contributed by atoms with Gasteiger partial charge in [0, 0.05) is 18.8 Å². The predicted molar refractivity (Wildman–Crippen MR) is 89.3 cm³/mol. The number of carbonyl (C=O) groups excluding carboxylic acids is 1. The second kappa shape index (κ2) is 7.28. The van der Waals surface area contributed by atoms with Gasteiger partial charge in [-0.05, 0) is 24.5 Å². The van der Waals surface area contributed by atoms with Crippen molar-refractivity contribution in [1.29, 1.82) is 0 Å². The second-order valence-electron chi connectivity index (χ2n) is 5.88. The second-order valence-corrected chi connectivity index (χ2v) is 5.88. The molecule has 2 N–H and O–H groups in total. The van der Waals surface area contributed by atoms with Gasteiger partial charge in [0.15, 0.2) is 12.2 Å². The first-order valence-electron chi connectivity index (χ1n) is 7.54. The summed E-state index contributed by atoms with van der Waals surface area (Å²) in [5.41, 5.74) is 7.48. The molecular weight excluding hydrogens is 294 g/mol. The summed E-state index contributed by atoms with van der Waals surface area (Å²) < 4.78 is 10.7. The number of hydrogen-bond donors (Lipinski definition) is 1. The number of benzene rings is 1. The first-order valence-corrected chi connectivity index (χ1v) is 7.54. The van der Waals surface area contributed by atoms with E-state index >= 15 is 0 Å². The first kappa shape index (κ1) is 17.0. The molecule has 1 aromatic heterocycles. The lowest BCUT2D eigenvalue weighted by molar-refractivity contribution is -0.119. The smallest absolute Gasteiger partial charge is 0.243 e. The van der Waals surface area contributed by atoms with Gasteiger partial charge in [-0.1, -0.05) is 13.8 Å². The van der Waals surface area contributed by atoms with E-state index in [4.69, 9.17) is 14.9 Å². The number of nitrogens with zero attached hydrogens (tertiary/aromatic N) is 2. The van der Waals surface area contributed by atoms with Crippen molar-refractivity contribution in [2.45, 2.75) is 26.3 Å². The summed E-state index contributed by atoms with van der Waals surface area (Å²) in [6.07, 6.45) is 3.63. The molecule has 1 aromatic carbocycles. The van der Waals surface area contributed by atoms with Crippen LogP contribution >= 0.6 is 0 Å². The van der Waals surface area contributed by atoms with Gasteiger partial charge in [-0.2, -0.15) is 0 Å². The minimum absolute atomic E-state index is 0.117. The van der Waals surface area contributed by atoms with Crippen LogP contribution in [-0.4, -0.2) is 31.1 Å². The summed E-state index contributed by atoms with van der Waals surface area (Å²) >= 11 is 0. The monoisotopic (exact) mass is 317 g/mol. The predicted octanol–water partition coefficient (Wildman–Crippen LogP) is 2.69. The van der Waals surface area contributed by atoms with Gasteiger partial charge >= 0.3 is 0 Å². The highest BCUT2D eigenvalue weighted by atomic mass is 16.5. The fourth-order valence-corrected chi connectivity index (χ4v) is 2.43. The van der Waals surface area contributed by atoms with Crippen LogP contribution in [-0.2, 0) is 4.79 Å². The molecule has 2 rings (SSSR count). The Balaban J connectivity index is 2.25. The lowest BCUT2D eigenvalue weighted by Crippen LogP contribution is -2.42. The third-order valence-corrected chi connectivity index (χ3v) is 3.64. The molecule has 6 heteroatoms. The number of nitrogens with two attached hydrogens (primary N) is 1. The summed E-state index contributed by atoms with van der Waals surface area (Å²) in [5.74, 6) is 1.47. The maximum Gasteiger partial charge on any atom is 0.243 e. The summed E-state index contributed by atoms with van der Waals surface area (Å²) in [6.45, 7) is 4.09.